The van der Waals surface area contributed by atoms with E-state index < -0.39 is 0 Å². The van der Waals surface area contributed by atoms with Crippen LogP contribution < -0.4 is 26.2 Å². The predicted molar refractivity (Wildman–Crippen MR) is 376 cm³/mol. The molecule has 0 radical (unpaired) electrons. The van der Waals surface area contributed by atoms with Crippen molar-refractivity contribution in [1.82, 2.24) is 0 Å². The minimum atomic E-state index is -0.297. The van der Waals surface area contributed by atoms with Crippen LogP contribution >= 0.6 is 0 Å². The highest BCUT2D eigenvalue weighted by Crippen LogP contribution is 2.55. The van der Waals surface area contributed by atoms with E-state index in [4.69, 9.17) is 0 Å². The molecule has 2 heterocycles. The average molecular weight is 1140 g/mol. The van der Waals surface area contributed by atoms with Gasteiger partial charge in [-0.3, -0.25) is 0 Å². The molecule has 87 heavy (non-hydrogen) atoms. The first-order valence-electron chi connectivity index (χ1n) is 32.6. The standard InChI is InChI=1S/C84H93BN2/c1-77(2,3)57-34-32-54(33-35-57)55-26-25-27-56(46-55)64-47-60(83(15,16)58-28-21-19-22-29-58)37-41-71(64)87-72-48-61(84(17,18)59-30-23-20-24-31-59)36-40-69(72)85-70-52-67-68(82(13,14)45-44-81(67,11)12)53-73(70)86(74-49-62(78(4,5)6)50-75(87)76(74)85)63-38-39-65-66(51-63)80(9,10)43-42-79(65,7)8/h19-41,46-53H,42-45H2,1-18H3. The molecule has 2 nitrogen and oxygen atoms in total. The van der Waals surface area contributed by atoms with Crippen LogP contribution in [-0.2, 0) is 43.3 Å². The fourth-order valence-corrected chi connectivity index (χ4v) is 15.6. The SMILES string of the molecule is CC(C)(C)c1ccc(-c2cccc(-c3cc(C(C)(C)c4ccccc4)ccc3N3c4cc(C(C)(C)c5ccccc5)ccc4B4c5cc6c(cc5N(c5ccc7c(c5)C(C)(C)CCC7(C)C)c5cc(C(C)(C)C)cc3c54)C(C)(C)CCC6(C)C)c2)cc1. The first-order chi connectivity index (χ1) is 40.9. The monoisotopic (exact) mass is 1140 g/mol. The first-order valence-corrected chi connectivity index (χ1v) is 32.6. The van der Waals surface area contributed by atoms with Crippen molar-refractivity contribution in [3.8, 4) is 22.3 Å². The molecule has 0 bridgehead atoms. The lowest BCUT2D eigenvalue weighted by Gasteiger charge is -2.48. The number of benzene rings is 9. The van der Waals surface area contributed by atoms with Crippen LogP contribution in [0.5, 0.6) is 0 Å². The van der Waals surface area contributed by atoms with E-state index in [1.807, 2.05) is 0 Å². The summed E-state index contributed by atoms with van der Waals surface area (Å²) >= 11 is 0. The van der Waals surface area contributed by atoms with Crippen LogP contribution in [0.4, 0.5) is 34.1 Å². The number of hydrogen-bond acceptors (Lipinski definition) is 2. The highest BCUT2D eigenvalue weighted by Gasteiger charge is 2.48. The Labute approximate surface area is 523 Å². The van der Waals surface area contributed by atoms with E-state index in [1.54, 1.807) is 0 Å². The van der Waals surface area contributed by atoms with Gasteiger partial charge in [-0.15, -0.1) is 0 Å². The van der Waals surface area contributed by atoms with Gasteiger partial charge in [-0.05, 0) is 201 Å². The fraction of sp³-hybridized carbons (Fsp3) is 0.357. The summed E-state index contributed by atoms with van der Waals surface area (Å²) < 4.78 is 0. The third-order valence-electron chi connectivity index (χ3n) is 21.9. The van der Waals surface area contributed by atoms with Gasteiger partial charge in [0, 0.05) is 44.8 Å². The van der Waals surface area contributed by atoms with E-state index in [0.717, 1.165) is 19.3 Å². The second-order valence-corrected chi connectivity index (χ2v) is 32.4. The van der Waals surface area contributed by atoms with E-state index in [-0.39, 0.29) is 50.0 Å². The molecular weight excluding hydrogens is 1050 g/mol. The van der Waals surface area contributed by atoms with Crippen molar-refractivity contribution in [1.29, 1.82) is 0 Å². The zero-order valence-electron chi connectivity index (χ0n) is 55.7. The number of nitrogens with zero attached hydrogens (tertiary/aromatic N) is 2. The van der Waals surface area contributed by atoms with Crippen molar-refractivity contribution in [3.05, 3.63) is 244 Å². The van der Waals surface area contributed by atoms with E-state index in [0.29, 0.717) is 0 Å². The quantitative estimate of drug-likeness (QED) is 0.140. The number of rotatable bonds is 8. The van der Waals surface area contributed by atoms with Crippen LogP contribution in [-0.4, -0.2) is 6.71 Å². The molecule has 2 aliphatic heterocycles. The van der Waals surface area contributed by atoms with E-state index in [1.165, 1.54) is 135 Å². The Morgan fingerprint density at radius 1 is 0.310 bits per heavy atom. The molecule has 0 unspecified atom stereocenters. The van der Waals surface area contributed by atoms with Gasteiger partial charge in [0.15, 0.2) is 0 Å². The molecule has 4 aliphatic rings. The molecule has 0 spiro atoms. The fourth-order valence-electron chi connectivity index (χ4n) is 15.6. The van der Waals surface area contributed by atoms with E-state index in [9.17, 15) is 0 Å². The Hall–Kier alpha value is -7.36. The number of anilines is 6. The van der Waals surface area contributed by atoms with Gasteiger partial charge >= 0.3 is 0 Å². The molecule has 9 aromatic carbocycles. The lowest BCUT2D eigenvalue weighted by Crippen LogP contribution is -2.62. The Morgan fingerprint density at radius 2 is 0.782 bits per heavy atom. The zero-order valence-corrected chi connectivity index (χ0v) is 55.7. The van der Waals surface area contributed by atoms with Crippen molar-refractivity contribution in [2.45, 2.75) is 194 Å². The topological polar surface area (TPSA) is 6.48 Å². The lowest BCUT2D eigenvalue weighted by molar-refractivity contribution is 0.332. The van der Waals surface area contributed by atoms with Gasteiger partial charge in [-0.2, -0.15) is 0 Å². The Kier molecular flexibility index (Phi) is 13.5. The molecule has 0 fully saturated rings. The van der Waals surface area contributed by atoms with Crippen molar-refractivity contribution in [2.24, 2.45) is 0 Å². The van der Waals surface area contributed by atoms with Crippen LogP contribution in [0.2, 0.25) is 0 Å². The maximum atomic E-state index is 2.74. The summed E-state index contributed by atoms with van der Waals surface area (Å²) in [5.74, 6) is 0. The Bertz CT molecular complexity index is 4170. The van der Waals surface area contributed by atoms with Crippen LogP contribution in [0.3, 0.4) is 0 Å². The smallest absolute Gasteiger partial charge is 0.252 e. The van der Waals surface area contributed by atoms with Crippen molar-refractivity contribution in [3.63, 3.8) is 0 Å². The summed E-state index contributed by atoms with van der Waals surface area (Å²) in [5, 5.41) is 0. The van der Waals surface area contributed by atoms with Crippen LogP contribution in [0.15, 0.2) is 188 Å². The maximum absolute atomic E-state index is 2.74. The largest absolute Gasteiger partial charge is 0.311 e. The van der Waals surface area contributed by atoms with Gasteiger partial charge < -0.3 is 9.80 Å². The molecule has 2 aliphatic carbocycles. The normalized spacial score (nSPS) is 17.2. The lowest BCUT2D eigenvalue weighted by atomic mass is 9.33. The van der Waals surface area contributed by atoms with Crippen LogP contribution in [0, 0.1) is 0 Å². The zero-order chi connectivity index (χ0) is 61.8. The minimum absolute atomic E-state index is 0.00573. The van der Waals surface area contributed by atoms with Crippen molar-refractivity contribution >= 4 is 57.2 Å². The average Bonchev–Trinajstić information content (AvgIpc) is 0.704. The van der Waals surface area contributed by atoms with Gasteiger partial charge in [0.2, 0.25) is 0 Å². The molecule has 0 aromatic heterocycles. The molecule has 0 amide bonds. The summed E-state index contributed by atoms with van der Waals surface area (Å²) in [6, 6.07) is 74.3. The van der Waals surface area contributed by atoms with Gasteiger partial charge in [0.25, 0.3) is 6.71 Å². The van der Waals surface area contributed by atoms with Gasteiger partial charge in [-0.25, -0.2) is 0 Å². The van der Waals surface area contributed by atoms with Crippen molar-refractivity contribution in [2.75, 3.05) is 9.80 Å². The second-order valence-electron chi connectivity index (χ2n) is 32.4. The highest BCUT2D eigenvalue weighted by molar-refractivity contribution is 7.00. The number of fused-ring (bicyclic) bond motifs is 6. The molecule has 0 atom stereocenters. The number of hydrogen-bond donors (Lipinski definition) is 0. The summed E-state index contributed by atoms with van der Waals surface area (Å²) in [6.45, 7) is 43.6. The Morgan fingerprint density at radius 3 is 1.36 bits per heavy atom. The summed E-state index contributed by atoms with van der Waals surface area (Å²) in [4.78, 5) is 5.48. The third kappa shape index (κ3) is 9.75. The van der Waals surface area contributed by atoms with E-state index in [2.05, 4.69) is 322 Å². The predicted octanol–water partition coefficient (Wildman–Crippen LogP) is 21.0. The molecule has 0 N–H and O–H groups in total. The molecule has 9 aromatic rings. The maximum Gasteiger partial charge on any atom is 0.252 e. The van der Waals surface area contributed by atoms with Gasteiger partial charge in [-0.1, -0.05) is 258 Å². The molecular formula is C84H93BN2. The molecule has 0 saturated heterocycles. The van der Waals surface area contributed by atoms with Crippen LogP contribution in [0.1, 0.15) is 206 Å². The van der Waals surface area contributed by atoms with Crippen LogP contribution in [0.25, 0.3) is 22.3 Å². The molecule has 3 heteroatoms. The first kappa shape index (κ1) is 58.7. The third-order valence-corrected chi connectivity index (χ3v) is 21.9. The summed E-state index contributed by atoms with van der Waals surface area (Å²) in [6.07, 6.45) is 4.64. The minimum Gasteiger partial charge on any atom is -0.311 e. The van der Waals surface area contributed by atoms with E-state index >= 15 is 0 Å². The second kappa shape index (κ2) is 20.1. The van der Waals surface area contributed by atoms with Crippen molar-refractivity contribution < 1.29 is 0 Å². The molecule has 0 saturated carbocycles. The Balaban J connectivity index is 1.15. The summed E-state index contributed by atoms with van der Waals surface area (Å²) in [7, 11) is 0. The van der Waals surface area contributed by atoms with Gasteiger partial charge in [0.1, 0.15) is 0 Å². The van der Waals surface area contributed by atoms with Gasteiger partial charge in [0.05, 0.1) is 5.69 Å². The molecule has 442 valence electrons. The molecule has 13 rings (SSSR count). The highest BCUT2D eigenvalue weighted by atomic mass is 15.2. The summed E-state index contributed by atoms with van der Waals surface area (Å²) in [5.41, 5.74) is 29.7.